The van der Waals surface area contributed by atoms with Gasteiger partial charge >= 0.3 is 6.72 Å². The van der Waals surface area contributed by atoms with E-state index in [0.29, 0.717) is 27.1 Å². The minimum absolute atomic E-state index is 0.242. The zero-order valence-electron chi connectivity index (χ0n) is 20.8. The molecule has 3 rings (SSSR count). The highest BCUT2D eigenvalue weighted by Gasteiger charge is 2.23. The molecule has 0 aliphatic rings. The third kappa shape index (κ3) is 8.91. The van der Waals surface area contributed by atoms with E-state index in [-0.39, 0.29) is 5.91 Å². The van der Waals surface area contributed by atoms with Gasteiger partial charge in [-0.15, -0.1) is 11.3 Å². The normalized spacial score (nSPS) is 11.6. The molecule has 2 N–H and O–H groups in total. The van der Waals surface area contributed by atoms with Crippen molar-refractivity contribution in [3.05, 3.63) is 60.7 Å². The predicted octanol–water partition coefficient (Wildman–Crippen LogP) is 7.39. The number of amides is 1. The lowest BCUT2D eigenvalue weighted by molar-refractivity contribution is 0.0948. The molecule has 2 heterocycles. The average Bonchev–Trinajstić information content (AvgIpc) is 3.55. The summed E-state index contributed by atoms with van der Waals surface area (Å²) in [7, 11) is 2.83. The molecule has 0 aliphatic heterocycles. The fraction of sp³-hybridized carbons (Fsp3) is 0.348. The van der Waals surface area contributed by atoms with E-state index in [1.165, 1.54) is 36.9 Å². The van der Waals surface area contributed by atoms with Crippen molar-refractivity contribution in [1.82, 2.24) is 10.3 Å². The molecule has 0 spiro atoms. The molecule has 0 saturated carbocycles. The molecule has 0 aliphatic carbocycles. The molecule has 37 heavy (non-hydrogen) atoms. The van der Waals surface area contributed by atoms with Gasteiger partial charge in [0.05, 0.1) is 21.8 Å². The molecular formula is C23H27Cl2N4O4PS3. The maximum Gasteiger partial charge on any atom is 0.380 e. The molecular weight excluding hydrogens is 594 g/mol. The summed E-state index contributed by atoms with van der Waals surface area (Å²) in [5.74, 6) is 0.0504. The van der Waals surface area contributed by atoms with Crippen LogP contribution >= 0.6 is 52.6 Å². The van der Waals surface area contributed by atoms with Gasteiger partial charge in [-0.05, 0) is 49.4 Å². The third-order valence-electron chi connectivity index (χ3n) is 4.59. The summed E-state index contributed by atoms with van der Waals surface area (Å²) < 4.78 is 15.4. The zero-order valence-corrected chi connectivity index (χ0v) is 25.7. The van der Waals surface area contributed by atoms with Crippen molar-refractivity contribution in [2.75, 3.05) is 26.1 Å². The number of carbonyl (C=O) groups is 1. The van der Waals surface area contributed by atoms with Crippen LogP contribution in [0.5, 0.6) is 5.75 Å². The van der Waals surface area contributed by atoms with Crippen LogP contribution in [0.25, 0.3) is 0 Å². The number of nitriles is 1. The van der Waals surface area contributed by atoms with Crippen LogP contribution in [0.1, 0.15) is 45.7 Å². The lowest BCUT2D eigenvalue weighted by Gasteiger charge is -2.19. The molecule has 14 heteroatoms. The van der Waals surface area contributed by atoms with Crippen LogP contribution in [0.2, 0.25) is 10.0 Å². The van der Waals surface area contributed by atoms with Gasteiger partial charge in [0.2, 0.25) is 0 Å². The first-order valence-electron chi connectivity index (χ1n) is 10.9. The highest BCUT2D eigenvalue weighted by Crippen LogP contribution is 2.51. The Labute approximate surface area is 240 Å². The van der Waals surface area contributed by atoms with E-state index in [0.717, 1.165) is 27.8 Å². The second-order valence-corrected chi connectivity index (χ2v) is 13.1. The molecule has 3 aromatic rings. The van der Waals surface area contributed by atoms with Gasteiger partial charge in [0, 0.05) is 37.4 Å². The first-order valence-corrected chi connectivity index (χ1v) is 16.0. The van der Waals surface area contributed by atoms with Crippen LogP contribution in [0.15, 0.2) is 29.6 Å². The Balaban J connectivity index is 0.000000271. The average molecular weight is 622 g/mol. The highest BCUT2D eigenvalue weighted by molar-refractivity contribution is 8.07. The van der Waals surface area contributed by atoms with Gasteiger partial charge in [0.1, 0.15) is 4.88 Å². The Morgan fingerprint density at radius 3 is 2.41 bits per heavy atom. The number of hydrogen-bond donors (Lipinski definition) is 2. The van der Waals surface area contributed by atoms with E-state index in [2.05, 4.69) is 21.7 Å². The summed E-state index contributed by atoms with van der Waals surface area (Å²) in [6.07, 6.45) is 0.681. The van der Waals surface area contributed by atoms with Crippen molar-refractivity contribution >= 4 is 75.4 Å². The third-order valence-corrected chi connectivity index (χ3v) is 9.56. The fourth-order valence-corrected chi connectivity index (χ4v) is 6.32. The number of rotatable bonds is 10. The largest absolute Gasteiger partial charge is 0.421 e. The van der Waals surface area contributed by atoms with Crippen LogP contribution < -0.4 is 15.2 Å². The molecule has 1 aromatic carbocycles. The molecule has 1 unspecified atom stereocenters. The smallest absolute Gasteiger partial charge is 0.380 e. The monoisotopic (exact) mass is 620 g/mol. The number of nitrogens with one attached hydrogen (secondary N) is 2. The Morgan fingerprint density at radius 2 is 1.92 bits per heavy atom. The van der Waals surface area contributed by atoms with Gasteiger partial charge in [-0.1, -0.05) is 47.5 Å². The topological polar surface area (TPSA) is 106 Å². The Hall–Kier alpha value is -1.74. The number of halogens is 2. The van der Waals surface area contributed by atoms with E-state index in [4.69, 9.17) is 48.6 Å². The minimum Gasteiger partial charge on any atom is -0.421 e. The van der Waals surface area contributed by atoms with Gasteiger partial charge in [-0.3, -0.25) is 4.79 Å². The zero-order chi connectivity index (χ0) is 27.6. The SMILES string of the molecule is CCNc1nc(CC)c(C(=O)NC(C#N)c2cccs2)s1.COP(=S)(OC)Oc1c(Cl)cc(C)cc1Cl. The molecule has 1 amide bonds. The van der Waals surface area contributed by atoms with E-state index < -0.39 is 12.8 Å². The standard InChI is InChI=1S/C14H16N4OS2.C9H11Cl2O3PS/c1-3-9-12(21-14(18-9)16-4-2)13(19)17-10(8-15)11-6-5-7-20-11;1-6-4-7(10)9(8(11)5-6)14-15(16,12-2)13-3/h5-7,10H,3-4H2,1-2H3,(H,16,18)(H,17,19);4-5H,1-3H3. The summed E-state index contributed by atoms with van der Waals surface area (Å²) in [6.45, 7) is 3.77. The Kier molecular flexibility index (Phi) is 12.8. The maximum atomic E-state index is 12.4. The highest BCUT2D eigenvalue weighted by atomic mass is 35.5. The number of anilines is 1. The van der Waals surface area contributed by atoms with Crippen molar-refractivity contribution in [2.45, 2.75) is 33.2 Å². The number of aromatic nitrogens is 1. The number of thiazole rings is 1. The summed E-state index contributed by atoms with van der Waals surface area (Å²) in [5.41, 5.74) is 1.70. The Bertz CT molecular complexity index is 1250. The molecule has 2 aromatic heterocycles. The fourth-order valence-electron chi connectivity index (χ4n) is 2.85. The summed E-state index contributed by atoms with van der Waals surface area (Å²) in [5, 5.41) is 18.5. The molecule has 1 atom stereocenters. The van der Waals surface area contributed by atoms with Crippen molar-refractivity contribution < 1.29 is 18.4 Å². The molecule has 0 bridgehead atoms. The van der Waals surface area contributed by atoms with Crippen molar-refractivity contribution in [3.63, 3.8) is 0 Å². The van der Waals surface area contributed by atoms with Crippen LogP contribution in [-0.2, 0) is 27.3 Å². The van der Waals surface area contributed by atoms with Crippen molar-refractivity contribution in [2.24, 2.45) is 0 Å². The summed E-state index contributed by atoms with van der Waals surface area (Å²) >= 11 is 19.9. The van der Waals surface area contributed by atoms with Gasteiger partial charge < -0.3 is 24.2 Å². The Morgan fingerprint density at radius 1 is 1.27 bits per heavy atom. The van der Waals surface area contributed by atoms with Crippen molar-refractivity contribution in [3.8, 4) is 11.8 Å². The van der Waals surface area contributed by atoms with Crippen LogP contribution in [-0.4, -0.2) is 31.7 Å². The molecule has 0 radical (unpaired) electrons. The second-order valence-electron chi connectivity index (χ2n) is 7.19. The second kappa shape index (κ2) is 15.0. The van der Waals surface area contributed by atoms with Crippen LogP contribution in [0, 0.1) is 18.3 Å². The van der Waals surface area contributed by atoms with Crippen molar-refractivity contribution in [1.29, 1.82) is 5.26 Å². The number of carbonyl (C=O) groups excluding carboxylic acids is 1. The quantitative estimate of drug-likeness (QED) is 0.226. The first-order chi connectivity index (χ1) is 17.6. The first kappa shape index (κ1) is 31.5. The number of nitrogens with zero attached hydrogens (tertiary/aromatic N) is 2. The van der Waals surface area contributed by atoms with E-state index in [9.17, 15) is 10.1 Å². The molecule has 0 fully saturated rings. The number of benzene rings is 1. The summed E-state index contributed by atoms with van der Waals surface area (Å²) in [6, 6.07) is 8.67. The van der Waals surface area contributed by atoms with E-state index in [1.54, 1.807) is 12.1 Å². The molecule has 0 saturated heterocycles. The maximum absolute atomic E-state index is 12.4. The number of hydrogen-bond acceptors (Lipinski definition) is 10. The molecule has 8 nitrogen and oxygen atoms in total. The van der Waals surface area contributed by atoms with Crippen LogP contribution in [0.3, 0.4) is 0 Å². The van der Waals surface area contributed by atoms with E-state index in [1.807, 2.05) is 38.3 Å². The molecule has 200 valence electrons. The lowest BCUT2D eigenvalue weighted by atomic mass is 10.2. The number of thiophene rings is 1. The summed E-state index contributed by atoms with van der Waals surface area (Å²) in [4.78, 5) is 18.2. The van der Waals surface area contributed by atoms with Gasteiger partial charge in [0.25, 0.3) is 5.91 Å². The van der Waals surface area contributed by atoms with E-state index >= 15 is 0 Å². The van der Waals surface area contributed by atoms with Gasteiger partial charge in [-0.2, -0.15) is 5.26 Å². The van der Waals surface area contributed by atoms with Gasteiger partial charge in [-0.25, -0.2) is 4.98 Å². The minimum atomic E-state index is -2.81. The lowest BCUT2D eigenvalue weighted by Crippen LogP contribution is -2.27. The van der Waals surface area contributed by atoms with Crippen LogP contribution in [0.4, 0.5) is 5.13 Å². The van der Waals surface area contributed by atoms with Gasteiger partial charge in [0.15, 0.2) is 16.9 Å². The number of aryl methyl sites for hydroxylation is 2. The predicted molar refractivity (Wildman–Crippen MR) is 156 cm³/mol.